The number of hydrazone groups is 1. The first kappa shape index (κ1) is 15.3. The molecule has 0 amide bonds. The highest BCUT2D eigenvalue weighted by atomic mass is 32.1. The minimum atomic E-state index is 0.267. The van der Waals surface area contributed by atoms with Crippen LogP contribution in [0.5, 0.6) is 11.5 Å². The van der Waals surface area contributed by atoms with Crippen molar-refractivity contribution < 1.29 is 9.47 Å². The van der Waals surface area contributed by atoms with Crippen LogP contribution in [0, 0.1) is 0 Å². The Hall–Kier alpha value is -2.60. The molecule has 0 fully saturated rings. The van der Waals surface area contributed by atoms with Gasteiger partial charge in [0.1, 0.15) is 0 Å². The molecule has 2 N–H and O–H groups in total. The van der Waals surface area contributed by atoms with Gasteiger partial charge in [-0.2, -0.15) is 5.10 Å². The zero-order valence-electron chi connectivity index (χ0n) is 12.5. The number of hydrogen-bond donors (Lipinski definition) is 2. The second-order valence-electron chi connectivity index (χ2n) is 4.97. The summed E-state index contributed by atoms with van der Waals surface area (Å²) in [6, 6.07) is 15.9. The van der Waals surface area contributed by atoms with Crippen molar-refractivity contribution in [2.75, 3.05) is 13.3 Å². The maximum absolute atomic E-state index is 5.32. The van der Waals surface area contributed by atoms with Crippen LogP contribution in [0.15, 0.2) is 53.6 Å². The number of thiocarbonyl (C=S) groups is 1. The third-order valence-corrected chi connectivity index (χ3v) is 3.55. The molecule has 2 aromatic rings. The number of fused-ring (bicyclic) bond motifs is 1. The lowest BCUT2D eigenvalue weighted by Gasteiger charge is -2.06. The van der Waals surface area contributed by atoms with E-state index in [-0.39, 0.29) is 6.79 Å². The molecule has 0 unspecified atom stereocenters. The second-order valence-corrected chi connectivity index (χ2v) is 5.38. The third kappa shape index (κ3) is 4.43. The Balaban J connectivity index is 1.42. The standard InChI is InChI=1S/C17H17N3O2S/c23-17(18-9-8-13-4-2-1-3-5-13)20-19-11-14-6-7-15-16(10-14)22-12-21-15/h1-7,10-11H,8-9,12H2,(H2,18,20,23)/b19-11+. The summed E-state index contributed by atoms with van der Waals surface area (Å²) in [5, 5.41) is 7.74. The molecule has 0 saturated carbocycles. The molecule has 0 spiro atoms. The van der Waals surface area contributed by atoms with Gasteiger partial charge in [-0.1, -0.05) is 30.3 Å². The Bertz CT molecular complexity index is 704. The molecule has 0 aromatic heterocycles. The van der Waals surface area contributed by atoms with Gasteiger partial charge in [0.2, 0.25) is 6.79 Å². The summed E-state index contributed by atoms with van der Waals surface area (Å²) >= 11 is 5.18. The number of nitrogens with one attached hydrogen (secondary N) is 2. The third-order valence-electron chi connectivity index (χ3n) is 3.32. The molecule has 0 atom stereocenters. The van der Waals surface area contributed by atoms with E-state index < -0.39 is 0 Å². The van der Waals surface area contributed by atoms with Crippen molar-refractivity contribution in [3.05, 3.63) is 59.7 Å². The Morgan fingerprint density at radius 3 is 2.83 bits per heavy atom. The lowest BCUT2D eigenvalue weighted by atomic mass is 10.1. The molecule has 118 valence electrons. The highest BCUT2D eigenvalue weighted by Crippen LogP contribution is 2.31. The maximum atomic E-state index is 5.32. The summed E-state index contributed by atoms with van der Waals surface area (Å²) in [6.07, 6.45) is 2.60. The van der Waals surface area contributed by atoms with Crippen LogP contribution in [-0.4, -0.2) is 24.7 Å². The number of nitrogens with zero attached hydrogens (tertiary/aromatic N) is 1. The molecule has 0 radical (unpaired) electrons. The molecule has 0 bridgehead atoms. The molecule has 1 aliphatic heterocycles. The van der Waals surface area contributed by atoms with E-state index in [2.05, 4.69) is 28.0 Å². The van der Waals surface area contributed by atoms with Crippen LogP contribution in [0.2, 0.25) is 0 Å². The Labute approximate surface area is 140 Å². The van der Waals surface area contributed by atoms with Crippen molar-refractivity contribution >= 4 is 23.5 Å². The molecule has 6 heteroatoms. The minimum absolute atomic E-state index is 0.267. The Morgan fingerprint density at radius 1 is 1.13 bits per heavy atom. The van der Waals surface area contributed by atoms with Gasteiger partial charge in [0, 0.05) is 6.54 Å². The molecule has 3 rings (SSSR count). The van der Waals surface area contributed by atoms with Crippen molar-refractivity contribution in [3.8, 4) is 11.5 Å². The van der Waals surface area contributed by atoms with Crippen LogP contribution in [0.25, 0.3) is 0 Å². The van der Waals surface area contributed by atoms with Gasteiger partial charge in [-0.05, 0) is 48.0 Å². The van der Waals surface area contributed by atoms with E-state index >= 15 is 0 Å². The van der Waals surface area contributed by atoms with Gasteiger partial charge < -0.3 is 14.8 Å². The van der Waals surface area contributed by atoms with Crippen molar-refractivity contribution in [2.24, 2.45) is 5.10 Å². The van der Waals surface area contributed by atoms with Gasteiger partial charge in [0.15, 0.2) is 16.6 Å². The van der Waals surface area contributed by atoms with E-state index in [1.807, 2.05) is 36.4 Å². The summed E-state index contributed by atoms with van der Waals surface area (Å²) in [7, 11) is 0. The molecular weight excluding hydrogens is 310 g/mol. The summed E-state index contributed by atoms with van der Waals surface area (Å²) < 4.78 is 10.6. The molecule has 2 aromatic carbocycles. The average molecular weight is 327 g/mol. The van der Waals surface area contributed by atoms with E-state index in [0.29, 0.717) is 5.11 Å². The summed E-state index contributed by atoms with van der Waals surface area (Å²) in [5.41, 5.74) is 4.98. The molecule has 0 saturated heterocycles. The van der Waals surface area contributed by atoms with Crippen LogP contribution in [0.4, 0.5) is 0 Å². The minimum Gasteiger partial charge on any atom is -0.454 e. The Morgan fingerprint density at radius 2 is 1.96 bits per heavy atom. The second kappa shape index (κ2) is 7.60. The number of rotatable bonds is 5. The van der Waals surface area contributed by atoms with Crippen LogP contribution in [0.1, 0.15) is 11.1 Å². The molecule has 0 aliphatic carbocycles. The van der Waals surface area contributed by atoms with Gasteiger partial charge >= 0.3 is 0 Å². The number of benzene rings is 2. The number of hydrogen-bond acceptors (Lipinski definition) is 4. The zero-order valence-corrected chi connectivity index (χ0v) is 13.3. The highest BCUT2D eigenvalue weighted by molar-refractivity contribution is 7.80. The fourth-order valence-electron chi connectivity index (χ4n) is 2.16. The van der Waals surface area contributed by atoms with Crippen molar-refractivity contribution in [3.63, 3.8) is 0 Å². The largest absolute Gasteiger partial charge is 0.454 e. The van der Waals surface area contributed by atoms with Crippen molar-refractivity contribution in [1.29, 1.82) is 0 Å². The average Bonchev–Trinajstić information content (AvgIpc) is 3.03. The summed E-state index contributed by atoms with van der Waals surface area (Å²) in [6.45, 7) is 1.03. The van der Waals surface area contributed by atoms with E-state index in [0.717, 1.165) is 30.0 Å². The van der Waals surface area contributed by atoms with Crippen LogP contribution in [0.3, 0.4) is 0 Å². The van der Waals surface area contributed by atoms with E-state index in [1.165, 1.54) is 5.56 Å². The first-order chi connectivity index (χ1) is 11.3. The van der Waals surface area contributed by atoms with Crippen LogP contribution < -0.4 is 20.2 Å². The predicted molar refractivity (Wildman–Crippen MR) is 94.0 cm³/mol. The lowest BCUT2D eigenvalue weighted by molar-refractivity contribution is 0.174. The van der Waals surface area contributed by atoms with Gasteiger partial charge in [0.25, 0.3) is 0 Å². The fourth-order valence-corrected chi connectivity index (χ4v) is 2.32. The summed E-state index contributed by atoms with van der Waals surface area (Å²) in [4.78, 5) is 0. The molecule has 1 aliphatic rings. The summed E-state index contributed by atoms with van der Waals surface area (Å²) in [5.74, 6) is 1.49. The molecule has 5 nitrogen and oxygen atoms in total. The topological polar surface area (TPSA) is 54.9 Å². The molecule has 1 heterocycles. The van der Waals surface area contributed by atoms with Crippen molar-refractivity contribution in [1.82, 2.24) is 10.7 Å². The quantitative estimate of drug-likeness (QED) is 0.502. The fraction of sp³-hybridized carbons (Fsp3) is 0.176. The van der Waals surface area contributed by atoms with Crippen LogP contribution >= 0.6 is 12.2 Å². The zero-order chi connectivity index (χ0) is 15.9. The van der Waals surface area contributed by atoms with Gasteiger partial charge in [-0.3, -0.25) is 5.43 Å². The van der Waals surface area contributed by atoms with Gasteiger partial charge in [-0.25, -0.2) is 0 Å². The van der Waals surface area contributed by atoms with Crippen molar-refractivity contribution in [2.45, 2.75) is 6.42 Å². The SMILES string of the molecule is S=C(NCCc1ccccc1)N/N=C/c1ccc2c(c1)OCO2. The highest BCUT2D eigenvalue weighted by Gasteiger charge is 2.12. The lowest BCUT2D eigenvalue weighted by Crippen LogP contribution is -2.33. The monoisotopic (exact) mass is 327 g/mol. The van der Waals surface area contributed by atoms with E-state index in [9.17, 15) is 0 Å². The van der Waals surface area contributed by atoms with Gasteiger partial charge in [0.05, 0.1) is 6.21 Å². The number of ether oxygens (including phenoxy) is 2. The Kier molecular flexibility index (Phi) is 5.06. The van der Waals surface area contributed by atoms with E-state index in [1.54, 1.807) is 6.21 Å². The smallest absolute Gasteiger partial charge is 0.231 e. The molecule has 23 heavy (non-hydrogen) atoms. The van der Waals surface area contributed by atoms with E-state index in [4.69, 9.17) is 21.7 Å². The first-order valence-corrected chi connectivity index (χ1v) is 7.72. The predicted octanol–water partition coefficient (Wildman–Crippen LogP) is 2.46. The normalized spacial score (nSPS) is 12.3. The van der Waals surface area contributed by atoms with Gasteiger partial charge in [-0.15, -0.1) is 0 Å². The molecular formula is C17H17N3O2S. The first-order valence-electron chi connectivity index (χ1n) is 7.32. The maximum Gasteiger partial charge on any atom is 0.231 e. The van der Waals surface area contributed by atoms with Crippen LogP contribution in [-0.2, 0) is 6.42 Å².